The predicted octanol–water partition coefficient (Wildman–Crippen LogP) is 4.05. The first-order chi connectivity index (χ1) is 10.2. The van der Waals surface area contributed by atoms with Crippen molar-refractivity contribution in [1.82, 2.24) is 9.97 Å². The maximum atomic E-state index is 6.19. The van der Waals surface area contributed by atoms with E-state index in [1.807, 2.05) is 0 Å². The number of halogens is 1. The van der Waals surface area contributed by atoms with E-state index in [9.17, 15) is 0 Å². The second-order valence-corrected chi connectivity index (χ2v) is 5.89. The number of rotatable bonds is 3. The van der Waals surface area contributed by atoms with E-state index in [-0.39, 0.29) is 0 Å². The van der Waals surface area contributed by atoms with Crippen LogP contribution in [0.25, 0.3) is 0 Å². The summed E-state index contributed by atoms with van der Waals surface area (Å²) in [5.41, 5.74) is 3.70. The second kappa shape index (κ2) is 6.02. The minimum absolute atomic E-state index is 0.333. The Bertz CT molecular complexity index is 627. The van der Waals surface area contributed by atoms with Crippen molar-refractivity contribution in [1.29, 1.82) is 0 Å². The van der Waals surface area contributed by atoms with E-state index in [1.54, 1.807) is 0 Å². The molecular formula is C17H20ClN3. The third-order valence-electron chi connectivity index (χ3n) is 4.28. The Labute approximate surface area is 131 Å². The first-order valence-electron chi connectivity index (χ1n) is 7.53. The average Bonchev–Trinajstić information content (AvgIpc) is 2.53. The molecule has 1 aromatic heterocycles. The predicted molar refractivity (Wildman–Crippen MR) is 87.2 cm³/mol. The minimum atomic E-state index is 0.333. The highest BCUT2D eigenvalue weighted by Crippen LogP contribution is 2.39. The maximum absolute atomic E-state index is 6.19. The molecule has 0 bridgehead atoms. The summed E-state index contributed by atoms with van der Waals surface area (Å²) in [4.78, 5) is 11.2. The molecule has 0 saturated heterocycles. The van der Waals surface area contributed by atoms with Crippen LogP contribution in [0.15, 0.2) is 30.3 Å². The fourth-order valence-electron chi connectivity index (χ4n) is 3.08. The standard InChI is InChI=1S/C17H20ClN3/c1-3-21(2)16-14-11-7-10-13(12-8-5-4-6-9-12)15(14)19-17(18)20-16/h4-6,8-9,13H,3,7,10-11H2,1-2H3. The van der Waals surface area contributed by atoms with Crippen molar-refractivity contribution >= 4 is 17.4 Å². The number of hydrogen-bond donors (Lipinski definition) is 0. The Morgan fingerprint density at radius 3 is 2.71 bits per heavy atom. The summed E-state index contributed by atoms with van der Waals surface area (Å²) in [6.45, 7) is 3.04. The molecular weight excluding hydrogens is 282 g/mol. The molecule has 0 fully saturated rings. The van der Waals surface area contributed by atoms with Gasteiger partial charge in [0.15, 0.2) is 0 Å². The van der Waals surface area contributed by atoms with Crippen molar-refractivity contribution < 1.29 is 0 Å². The highest BCUT2D eigenvalue weighted by Gasteiger charge is 2.27. The van der Waals surface area contributed by atoms with Gasteiger partial charge in [-0.3, -0.25) is 0 Å². The van der Waals surface area contributed by atoms with E-state index in [0.717, 1.165) is 30.9 Å². The van der Waals surface area contributed by atoms with Gasteiger partial charge in [-0.15, -0.1) is 0 Å². The van der Waals surface area contributed by atoms with Crippen molar-refractivity contribution in [2.24, 2.45) is 0 Å². The molecule has 3 rings (SSSR count). The molecule has 0 saturated carbocycles. The zero-order valence-corrected chi connectivity index (χ0v) is 13.3. The van der Waals surface area contributed by atoms with Crippen LogP contribution in [0.5, 0.6) is 0 Å². The normalized spacial score (nSPS) is 17.4. The minimum Gasteiger partial charge on any atom is -0.360 e. The summed E-state index contributed by atoms with van der Waals surface area (Å²) in [6, 6.07) is 10.6. The van der Waals surface area contributed by atoms with E-state index in [2.05, 4.69) is 59.2 Å². The van der Waals surface area contributed by atoms with Gasteiger partial charge in [0.1, 0.15) is 5.82 Å². The molecule has 1 aromatic carbocycles. The largest absolute Gasteiger partial charge is 0.360 e. The molecule has 0 spiro atoms. The van der Waals surface area contributed by atoms with Gasteiger partial charge in [0.2, 0.25) is 5.28 Å². The first-order valence-corrected chi connectivity index (χ1v) is 7.91. The van der Waals surface area contributed by atoms with Gasteiger partial charge in [0.05, 0.1) is 5.69 Å². The molecule has 1 aliphatic carbocycles. The fourth-order valence-corrected chi connectivity index (χ4v) is 3.26. The van der Waals surface area contributed by atoms with Crippen molar-refractivity contribution in [3.05, 3.63) is 52.4 Å². The van der Waals surface area contributed by atoms with Crippen LogP contribution in [0.3, 0.4) is 0 Å². The third kappa shape index (κ3) is 2.75. The van der Waals surface area contributed by atoms with Crippen LogP contribution in [0, 0.1) is 0 Å². The number of hydrogen-bond acceptors (Lipinski definition) is 3. The van der Waals surface area contributed by atoms with Gasteiger partial charge in [0, 0.05) is 25.1 Å². The summed E-state index contributed by atoms with van der Waals surface area (Å²) in [5.74, 6) is 1.33. The molecule has 3 nitrogen and oxygen atoms in total. The van der Waals surface area contributed by atoms with E-state index < -0.39 is 0 Å². The lowest BCUT2D eigenvalue weighted by atomic mass is 9.82. The summed E-state index contributed by atoms with van der Waals surface area (Å²) < 4.78 is 0. The Kier molecular flexibility index (Phi) is 4.11. The highest BCUT2D eigenvalue weighted by atomic mass is 35.5. The van der Waals surface area contributed by atoms with Crippen LogP contribution in [0.1, 0.15) is 42.5 Å². The summed E-state index contributed by atoms with van der Waals surface area (Å²) >= 11 is 6.19. The van der Waals surface area contributed by atoms with Gasteiger partial charge in [-0.2, -0.15) is 0 Å². The van der Waals surface area contributed by atoms with Gasteiger partial charge in [-0.1, -0.05) is 30.3 Å². The van der Waals surface area contributed by atoms with Crippen LogP contribution in [0.2, 0.25) is 5.28 Å². The molecule has 110 valence electrons. The summed E-state index contributed by atoms with van der Waals surface area (Å²) in [7, 11) is 2.06. The van der Waals surface area contributed by atoms with Crippen molar-refractivity contribution in [2.45, 2.75) is 32.1 Å². The summed E-state index contributed by atoms with van der Waals surface area (Å²) in [6.07, 6.45) is 3.33. The van der Waals surface area contributed by atoms with Gasteiger partial charge in [0.25, 0.3) is 0 Å². The van der Waals surface area contributed by atoms with E-state index in [0.29, 0.717) is 11.2 Å². The molecule has 1 heterocycles. The van der Waals surface area contributed by atoms with Gasteiger partial charge in [-0.05, 0) is 43.4 Å². The lowest BCUT2D eigenvalue weighted by Crippen LogP contribution is -2.23. The smallest absolute Gasteiger partial charge is 0.224 e. The fraction of sp³-hybridized carbons (Fsp3) is 0.412. The number of benzene rings is 1. The van der Waals surface area contributed by atoms with E-state index >= 15 is 0 Å². The second-order valence-electron chi connectivity index (χ2n) is 5.55. The quantitative estimate of drug-likeness (QED) is 0.801. The molecule has 21 heavy (non-hydrogen) atoms. The Hall–Kier alpha value is -1.61. The molecule has 0 radical (unpaired) electrons. The number of aromatic nitrogens is 2. The lowest BCUT2D eigenvalue weighted by Gasteiger charge is -2.29. The zero-order valence-electron chi connectivity index (χ0n) is 12.5. The molecule has 0 amide bonds. The monoisotopic (exact) mass is 301 g/mol. The molecule has 1 atom stereocenters. The first kappa shape index (κ1) is 14.3. The van der Waals surface area contributed by atoms with E-state index in [4.69, 9.17) is 11.6 Å². The van der Waals surface area contributed by atoms with Crippen LogP contribution >= 0.6 is 11.6 Å². The van der Waals surface area contributed by atoms with Crippen molar-refractivity contribution in [2.75, 3.05) is 18.5 Å². The highest BCUT2D eigenvalue weighted by molar-refractivity contribution is 6.28. The maximum Gasteiger partial charge on any atom is 0.224 e. The van der Waals surface area contributed by atoms with Gasteiger partial charge in [-0.25, -0.2) is 9.97 Å². The molecule has 2 aromatic rings. The summed E-state index contributed by atoms with van der Waals surface area (Å²) in [5, 5.41) is 0.354. The van der Waals surface area contributed by atoms with Gasteiger partial charge >= 0.3 is 0 Å². The lowest BCUT2D eigenvalue weighted by molar-refractivity contribution is 0.593. The van der Waals surface area contributed by atoms with Crippen molar-refractivity contribution in [3.63, 3.8) is 0 Å². The van der Waals surface area contributed by atoms with Gasteiger partial charge < -0.3 is 4.90 Å². The molecule has 0 N–H and O–H groups in total. The SMILES string of the molecule is CCN(C)c1nc(Cl)nc2c1CCCC2c1ccccc1. The van der Waals surface area contributed by atoms with Crippen LogP contribution < -0.4 is 4.90 Å². The number of anilines is 1. The zero-order chi connectivity index (χ0) is 14.8. The topological polar surface area (TPSA) is 29.0 Å². The van der Waals surface area contributed by atoms with E-state index in [1.165, 1.54) is 17.5 Å². The van der Waals surface area contributed by atoms with Crippen molar-refractivity contribution in [3.8, 4) is 0 Å². The molecule has 1 unspecified atom stereocenters. The number of fused-ring (bicyclic) bond motifs is 1. The molecule has 1 aliphatic rings. The van der Waals surface area contributed by atoms with Crippen LogP contribution in [-0.2, 0) is 6.42 Å². The Morgan fingerprint density at radius 2 is 2.00 bits per heavy atom. The van der Waals surface area contributed by atoms with Crippen LogP contribution in [-0.4, -0.2) is 23.6 Å². The Morgan fingerprint density at radius 1 is 1.24 bits per heavy atom. The average molecular weight is 302 g/mol. The molecule has 4 heteroatoms. The Balaban J connectivity index is 2.11. The molecule has 0 aliphatic heterocycles. The third-order valence-corrected chi connectivity index (χ3v) is 4.45. The number of nitrogens with zero attached hydrogens (tertiary/aromatic N) is 3. The van der Waals surface area contributed by atoms with Crippen LogP contribution in [0.4, 0.5) is 5.82 Å².